The molecule has 29 heavy (non-hydrogen) atoms. The number of nitrogens with one attached hydrogen (secondary N) is 1. The third kappa shape index (κ3) is 3.40. The minimum atomic E-state index is -0.326. The first-order chi connectivity index (χ1) is 14.0. The van der Waals surface area contributed by atoms with Crippen LogP contribution in [0.25, 0.3) is 11.0 Å². The number of hydrogen-bond acceptors (Lipinski definition) is 4. The molecule has 0 unspecified atom stereocenters. The highest BCUT2D eigenvalue weighted by Gasteiger charge is 2.35. The number of aromatic amines is 1. The van der Waals surface area contributed by atoms with Crippen LogP contribution in [0.1, 0.15) is 56.7 Å². The molecule has 3 amide bonds. The van der Waals surface area contributed by atoms with Crippen LogP contribution >= 0.6 is 0 Å². The summed E-state index contributed by atoms with van der Waals surface area (Å²) in [5.74, 6) is -0.165. The van der Waals surface area contributed by atoms with Gasteiger partial charge in [-0.25, -0.2) is 4.98 Å². The van der Waals surface area contributed by atoms with E-state index >= 15 is 0 Å². The minimum Gasteiger partial charge on any atom is -0.340 e. The van der Waals surface area contributed by atoms with E-state index in [1.807, 2.05) is 31.2 Å². The zero-order valence-corrected chi connectivity index (χ0v) is 16.4. The molecular weight excluding hydrogens is 368 g/mol. The number of imidazole rings is 1. The van der Waals surface area contributed by atoms with Crippen molar-refractivity contribution in [2.75, 3.05) is 13.6 Å². The molecule has 2 aromatic carbocycles. The Hall–Kier alpha value is -3.48. The number of rotatable bonds is 6. The van der Waals surface area contributed by atoms with Crippen molar-refractivity contribution < 1.29 is 14.4 Å². The van der Waals surface area contributed by atoms with Crippen LogP contribution in [0.2, 0.25) is 0 Å². The van der Waals surface area contributed by atoms with Crippen LogP contribution in [0.15, 0.2) is 42.5 Å². The van der Waals surface area contributed by atoms with Gasteiger partial charge in [-0.3, -0.25) is 19.3 Å². The van der Waals surface area contributed by atoms with Gasteiger partial charge in [-0.1, -0.05) is 25.5 Å². The fourth-order valence-corrected chi connectivity index (χ4v) is 3.54. The predicted octanol–water partition coefficient (Wildman–Crippen LogP) is 3.23. The topological polar surface area (TPSA) is 86.4 Å². The molecule has 0 spiro atoms. The maximum Gasteiger partial charge on any atom is 0.261 e. The lowest BCUT2D eigenvalue weighted by Gasteiger charge is -2.16. The third-order valence-electron chi connectivity index (χ3n) is 5.12. The van der Waals surface area contributed by atoms with Gasteiger partial charge in [0.25, 0.3) is 17.7 Å². The number of carbonyl (C=O) groups is 3. The second kappa shape index (κ2) is 7.50. The number of nitrogens with zero attached hydrogens (tertiary/aromatic N) is 3. The highest BCUT2D eigenvalue weighted by Crippen LogP contribution is 2.25. The largest absolute Gasteiger partial charge is 0.340 e. The molecule has 1 aliphatic rings. The van der Waals surface area contributed by atoms with E-state index in [0.717, 1.165) is 23.9 Å². The van der Waals surface area contributed by atoms with E-state index in [1.165, 1.54) is 15.9 Å². The second-order valence-corrected chi connectivity index (χ2v) is 7.24. The molecule has 0 radical (unpaired) electrons. The lowest BCUT2D eigenvalue weighted by molar-refractivity contribution is 0.0652. The Balaban J connectivity index is 1.53. The summed E-state index contributed by atoms with van der Waals surface area (Å²) in [6.45, 7) is 2.71. The number of aromatic nitrogens is 2. The maximum absolute atomic E-state index is 12.9. The average molecular weight is 390 g/mol. The van der Waals surface area contributed by atoms with Crippen LogP contribution in [0.3, 0.4) is 0 Å². The highest BCUT2D eigenvalue weighted by atomic mass is 16.2. The summed E-state index contributed by atoms with van der Waals surface area (Å²) < 4.78 is 0. The zero-order chi connectivity index (χ0) is 20.5. The van der Waals surface area contributed by atoms with E-state index in [0.29, 0.717) is 35.6 Å². The fraction of sp³-hybridized carbons (Fsp3) is 0.273. The van der Waals surface area contributed by atoms with Gasteiger partial charge in [-0.05, 0) is 36.8 Å². The first-order valence-corrected chi connectivity index (χ1v) is 9.69. The number of imide groups is 1. The molecule has 148 valence electrons. The third-order valence-corrected chi connectivity index (χ3v) is 5.12. The summed E-state index contributed by atoms with van der Waals surface area (Å²) in [6.07, 6.45) is 1.65. The molecule has 4 rings (SSSR count). The maximum atomic E-state index is 12.9. The van der Waals surface area contributed by atoms with Crippen LogP contribution in [-0.4, -0.2) is 51.1 Å². The zero-order valence-electron chi connectivity index (χ0n) is 16.4. The smallest absolute Gasteiger partial charge is 0.261 e. The highest BCUT2D eigenvalue weighted by molar-refractivity contribution is 6.22. The summed E-state index contributed by atoms with van der Waals surface area (Å²) in [5.41, 5.74) is 2.80. The van der Waals surface area contributed by atoms with Crippen LogP contribution in [0.4, 0.5) is 0 Å². The predicted molar refractivity (Wildman–Crippen MR) is 109 cm³/mol. The Morgan fingerprint density at radius 3 is 2.62 bits per heavy atom. The van der Waals surface area contributed by atoms with Crippen LogP contribution in [-0.2, 0) is 6.54 Å². The van der Waals surface area contributed by atoms with E-state index in [4.69, 9.17) is 0 Å². The minimum absolute atomic E-state index is 0.236. The molecule has 0 atom stereocenters. The van der Waals surface area contributed by atoms with Gasteiger partial charge in [0.2, 0.25) is 0 Å². The fourth-order valence-electron chi connectivity index (χ4n) is 3.54. The number of benzene rings is 2. The molecule has 7 heteroatoms. The Morgan fingerprint density at radius 2 is 1.86 bits per heavy atom. The molecular formula is C22H22N4O3. The van der Waals surface area contributed by atoms with Gasteiger partial charge in [-0.15, -0.1) is 0 Å². The van der Waals surface area contributed by atoms with Gasteiger partial charge in [0.15, 0.2) is 0 Å². The first-order valence-electron chi connectivity index (χ1n) is 9.69. The van der Waals surface area contributed by atoms with Crippen molar-refractivity contribution in [1.82, 2.24) is 19.8 Å². The van der Waals surface area contributed by atoms with E-state index in [-0.39, 0.29) is 17.7 Å². The van der Waals surface area contributed by atoms with Crippen molar-refractivity contribution in [3.63, 3.8) is 0 Å². The van der Waals surface area contributed by atoms with E-state index in [1.54, 1.807) is 19.2 Å². The number of hydrogen-bond donors (Lipinski definition) is 1. The number of unbranched alkanes of at least 4 members (excludes halogenated alkanes) is 1. The van der Waals surface area contributed by atoms with Crippen LogP contribution < -0.4 is 0 Å². The van der Waals surface area contributed by atoms with Gasteiger partial charge in [0.05, 0.1) is 28.7 Å². The van der Waals surface area contributed by atoms with Crippen molar-refractivity contribution in [2.45, 2.75) is 26.3 Å². The number of para-hydroxylation sites is 2. The van der Waals surface area contributed by atoms with Crippen LogP contribution in [0, 0.1) is 0 Å². The molecule has 0 fully saturated rings. The van der Waals surface area contributed by atoms with Gasteiger partial charge in [0.1, 0.15) is 5.82 Å². The Kier molecular flexibility index (Phi) is 4.88. The van der Waals surface area contributed by atoms with Crippen molar-refractivity contribution in [1.29, 1.82) is 0 Å². The lowest BCUT2D eigenvalue weighted by Crippen LogP contribution is -2.30. The number of fused-ring (bicyclic) bond motifs is 2. The van der Waals surface area contributed by atoms with Gasteiger partial charge < -0.3 is 9.88 Å². The van der Waals surface area contributed by atoms with Crippen molar-refractivity contribution in [3.8, 4) is 0 Å². The first kappa shape index (κ1) is 18.9. The molecule has 1 aliphatic heterocycles. The van der Waals surface area contributed by atoms with Crippen molar-refractivity contribution in [3.05, 3.63) is 65.0 Å². The molecule has 0 saturated carbocycles. The summed E-state index contributed by atoms with van der Waals surface area (Å²) in [5, 5.41) is 0. The van der Waals surface area contributed by atoms with Crippen LogP contribution in [0.5, 0.6) is 0 Å². The SMILES string of the molecule is CCCCN1C(=O)c2ccc(C(=O)N(C)Cc3nc4ccccc4[nH]3)cc2C1=O. The summed E-state index contributed by atoms with van der Waals surface area (Å²) in [6, 6.07) is 12.4. The van der Waals surface area contributed by atoms with E-state index < -0.39 is 0 Å². The van der Waals surface area contributed by atoms with Gasteiger partial charge in [-0.2, -0.15) is 0 Å². The number of amides is 3. The Morgan fingerprint density at radius 1 is 1.10 bits per heavy atom. The molecule has 0 bridgehead atoms. The van der Waals surface area contributed by atoms with Gasteiger partial charge in [0, 0.05) is 19.2 Å². The average Bonchev–Trinajstić information content (AvgIpc) is 3.24. The molecule has 1 N–H and O–H groups in total. The Labute approximate surface area is 168 Å². The number of H-pyrrole nitrogens is 1. The lowest BCUT2D eigenvalue weighted by atomic mass is 10.0. The normalized spacial score (nSPS) is 13.2. The molecule has 3 aromatic rings. The molecule has 2 heterocycles. The summed E-state index contributed by atoms with van der Waals surface area (Å²) in [4.78, 5) is 48.4. The monoisotopic (exact) mass is 390 g/mol. The molecule has 1 aromatic heterocycles. The van der Waals surface area contributed by atoms with Crippen molar-refractivity contribution in [2.24, 2.45) is 0 Å². The van der Waals surface area contributed by atoms with E-state index in [2.05, 4.69) is 9.97 Å². The van der Waals surface area contributed by atoms with Crippen molar-refractivity contribution >= 4 is 28.8 Å². The quantitative estimate of drug-likeness (QED) is 0.655. The molecule has 7 nitrogen and oxygen atoms in total. The summed E-state index contributed by atoms with van der Waals surface area (Å²) in [7, 11) is 1.68. The second-order valence-electron chi connectivity index (χ2n) is 7.24. The Bertz CT molecular complexity index is 1090. The van der Waals surface area contributed by atoms with E-state index in [9.17, 15) is 14.4 Å². The summed E-state index contributed by atoms with van der Waals surface area (Å²) >= 11 is 0. The standard InChI is InChI=1S/C22H22N4O3/c1-3-4-11-26-21(28)15-10-9-14(12-16(15)22(26)29)20(27)25(2)13-19-23-17-7-5-6-8-18(17)24-19/h5-10,12H,3-4,11,13H2,1-2H3,(H,23,24). The molecule has 0 aliphatic carbocycles. The number of carbonyl (C=O) groups excluding carboxylic acids is 3. The van der Waals surface area contributed by atoms with Gasteiger partial charge >= 0.3 is 0 Å². The molecule has 0 saturated heterocycles.